The largest absolute Gasteiger partial charge is 0.481 e. The number of carboxylic acid groups (broad SMARTS) is 1. The highest BCUT2D eigenvalue weighted by atomic mass is 32.1. The van der Waals surface area contributed by atoms with Crippen LogP contribution in [0.1, 0.15) is 35.3 Å². The van der Waals surface area contributed by atoms with E-state index in [-0.39, 0.29) is 17.2 Å². The van der Waals surface area contributed by atoms with Crippen LogP contribution in [-0.2, 0) is 4.79 Å². The summed E-state index contributed by atoms with van der Waals surface area (Å²) in [6.07, 6.45) is 2.34. The fourth-order valence-electron chi connectivity index (χ4n) is 3.93. The van der Waals surface area contributed by atoms with Crippen molar-refractivity contribution in [3.05, 3.63) is 40.2 Å². The van der Waals surface area contributed by atoms with E-state index in [1.54, 1.807) is 11.3 Å². The van der Waals surface area contributed by atoms with Gasteiger partial charge in [0.1, 0.15) is 0 Å². The van der Waals surface area contributed by atoms with E-state index in [2.05, 4.69) is 4.98 Å². The molecule has 4 rings (SSSR count). The third-order valence-corrected chi connectivity index (χ3v) is 6.35. The van der Waals surface area contributed by atoms with E-state index in [0.717, 1.165) is 36.2 Å². The number of aliphatic carboxylic acids is 1. The number of hydrogen-bond acceptors (Lipinski definition) is 4. The Labute approximate surface area is 150 Å². The number of nitrogens with zero attached hydrogens (tertiary/aromatic N) is 2. The van der Waals surface area contributed by atoms with Crippen molar-refractivity contribution in [3.8, 4) is 11.3 Å². The van der Waals surface area contributed by atoms with Crippen LogP contribution in [0.5, 0.6) is 0 Å². The first-order valence-corrected chi connectivity index (χ1v) is 9.47. The van der Waals surface area contributed by atoms with Crippen molar-refractivity contribution in [2.45, 2.75) is 26.2 Å². The fraction of sp³-hybridized carbons (Fsp3) is 0.421. The molecule has 0 aromatic carbocycles. The first-order valence-electron chi connectivity index (χ1n) is 8.52. The summed E-state index contributed by atoms with van der Waals surface area (Å²) in [7, 11) is 0. The number of carbonyl (C=O) groups is 2. The Bertz CT molecular complexity index is 823. The van der Waals surface area contributed by atoms with Crippen LogP contribution >= 0.6 is 11.3 Å². The van der Waals surface area contributed by atoms with Gasteiger partial charge in [0.25, 0.3) is 5.91 Å². The molecule has 130 valence electrons. The highest BCUT2D eigenvalue weighted by Crippen LogP contribution is 2.59. The van der Waals surface area contributed by atoms with Gasteiger partial charge in [-0.2, -0.15) is 11.3 Å². The molecule has 1 amide bonds. The molecule has 1 aliphatic carbocycles. The van der Waals surface area contributed by atoms with Gasteiger partial charge in [-0.25, -0.2) is 0 Å². The molecule has 2 aromatic heterocycles. The summed E-state index contributed by atoms with van der Waals surface area (Å²) in [6, 6.07) is 5.78. The van der Waals surface area contributed by atoms with Crippen LogP contribution in [0.25, 0.3) is 11.3 Å². The zero-order valence-corrected chi connectivity index (χ0v) is 14.9. The number of likely N-dealkylation sites (tertiary alicyclic amines) is 1. The Kier molecular flexibility index (Phi) is 3.87. The van der Waals surface area contributed by atoms with Gasteiger partial charge in [0.15, 0.2) is 0 Å². The molecule has 3 heterocycles. The van der Waals surface area contributed by atoms with E-state index in [0.29, 0.717) is 18.7 Å². The minimum Gasteiger partial charge on any atom is -0.481 e. The normalized spacial score (nSPS) is 21.3. The predicted molar refractivity (Wildman–Crippen MR) is 95.6 cm³/mol. The molecule has 1 saturated heterocycles. The quantitative estimate of drug-likeness (QED) is 0.914. The third kappa shape index (κ3) is 2.84. The number of aryl methyl sites for hydroxylation is 1. The lowest BCUT2D eigenvalue weighted by molar-refractivity contribution is -0.139. The van der Waals surface area contributed by atoms with Crippen LogP contribution in [-0.4, -0.2) is 40.0 Å². The molecule has 0 bridgehead atoms. The predicted octanol–water partition coefficient (Wildman–Crippen LogP) is 3.45. The van der Waals surface area contributed by atoms with Crippen molar-refractivity contribution >= 4 is 23.2 Å². The molecule has 0 radical (unpaired) electrons. The van der Waals surface area contributed by atoms with Crippen LogP contribution in [0.4, 0.5) is 0 Å². The van der Waals surface area contributed by atoms with E-state index < -0.39 is 5.97 Å². The number of pyridine rings is 1. The molecule has 1 unspecified atom stereocenters. The minimum absolute atomic E-state index is 0.00393. The topological polar surface area (TPSA) is 70.5 Å². The maximum absolute atomic E-state index is 12.8. The lowest BCUT2D eigenvalue weighted by Gasteiger charge is -2.33. The third-order valence-electron chi connectivity index (χ3n) is 5.67. The monoisotopic (exact) mass is 356 g/mol. The van der Waals surface area contributed by atoms with Crippen LogP contribution in [0.2, 0.25) is 0 Å². The Morgan fingerprint density at radius 3 is 2.60 bits per heavy atom. The van der Waals surface area contributed by atoms with E-state index in [9.17, 15) is 14.7 Å². The van der Waals surface area contributed by atoms with Crippen molar-refractivity contribution in [1.29, 1.82) is 0 Å². The van der Waals surface area contributed by atoms with E-state index >= 15 is 0 Å². The number of carboxylic acids is 1. The first kappa shape index (κ1) is 16.3. The van der Waals surface area contributed by atoms with Gasteiger partial charge in [0, 0.05) is 24.0 Å². The molecule has 1 aliphatic heterocycles. The van der Waals surface area contributed by atoms with Gasteiger partial charge in [0.2, 0.25) is 0 Å². The Balaban J connectivity index is 1.46. The number of aromatic nitrogens is 1. The average Bonchev–Trinajstić information content (AvgIpc) is 3.05. The van der Waals surface area contributed by atoms with Crippen molar-refractivity contribution in [1.82, 2.24) is 9.88 Å². The zero-order chi connectivity index (χ0) is 17.6. The van der Waals surface area contributed by atoms with Crippen molar-refractivity contribution < 1.29 is 14.7 Å². The van der Waals surface area contributed by atoms with Crippen LogP contribution in [0, 0.1) is 18.3 Å². The van der Waals surface area contributed by atoms with E-state index in [4.69, 9.17) is 0 Å². The van der Waals surface area contributed by atoms with E-state index in [1.807, 2.05) is 40.8 Å². The molecule has 2 fully saturated rings. The molecule has 2 aliphatic rings. The van der Waals surface area contributed by atoms with Crippen molar-refractivity contribution in [3.63, 3.8) is 0 Å². The van der Waals surface area contributed by atoms with Crippen LogP contribution < -0.4 is 0 Å². The molecule has 1 saturated carbocycles. The molecular weight excluding hydrogens is 336 g/mol. The summed E-state index contributed by atoms with van der Waals surface area (Å²) in [5.74, 6) is -0.897. The standard InChI is InChI=1S/C19H20N2O3S/c1-12-14(2-3-16(20-12)13-4-9-25-11-13)17(22)21-7-5-19(6-8-21)10-15(19)18(23)24/h2-4,9,11,15H,5-8,10H2,1H3,(H,23,24). The molecule has 1 atom stereocenters. The van der Waals surface area contributed by atoms with Gasteiger partial charge in [-0.05, 0) is 55.2 Å². The fourth-order valence-corrected chi connectivity index (χ4v) is 4.58. The maximum Gasteiger partial charge on any atom is 0.307 e. The summed E-state index contributed by atoms with van der Waals surface area (Å²) >= 11 is 1.62. The summed E-state index contributed by atoms with van der Waals surface area (Å²) in [4.78, 5) is 30.4. The smallest absolute Gasteiger partial charge is 0.307 e. The molecule has 5 nitrogen and oxygen atoms in total. The molecule has 25 heavy (non-hydrogen) atoms. The molecule has 1 spiro atoms. The van der Waals surface area contributed by atoms with Gasteiger partial charge in [-0.1, -0.05) is 0 Å². The van der Waals surface area contributed by atoms with Gasteiger partial charge in [-0.15, -0.1) is 0 Å². The Hall–Kier alpha value is -2.21. The maximum atomic E-state index is 12.8. The number of hydrogen-bond donors (Lipinski definition) is 1. The summed E-state index contributed by atoms with van der Waals surface area (Å²) in [5, 5.41) is 13.2. The average molecular weight is 356 g/mol. The SMILES string of the molecule is Cc1nc(-c2ccsc2)ccc1C(=O)N1CCC2(CC1)CC2C(=O)O. The van der Waals surface area contributed by atoms with Gasteiger partial charge in [0.05, 0.1) is 22.9 Å². The summed E-state index contributed by atoms with van der Waals surface area (Å²) < 4.78 is 0. The Morgan fingerprint density at radius 2 is 2.04 bits per heavy atom. The molecule has 2 aromatic rings. The summed E-state index contributed by atoms with van der Waals surface area (Å²) in [5.41, 5.74) is 3.28. The first-order chi connectivity index (χ1) is 12.0. The molecular formula is C19H20N2O3S. The number of piperidine rings is 1. The van der Waals surface area contributed by atoms with Crippen molar-refractivity contribution in [2.75, 3.05) is 13.1 Å². The molecule has 6 heteroatoms. The van der Waals surface area contributed by atoms with Crippen LogP contribution in [0.15, 0.2) is 29.0 Å². The van der Waals surface area contributed by atoms with Crippen molar-refractivity contribution in [2.24, 2.45) is 11.3 Å². The second-order valence-electron chi connectivity index (χ2n) is 7.09. The number of carbonyl (C=O) groups excluding carboxylic acids is 1. The number of thiophene rings is 1. The second kappa shape index (κ2) is 5.95. The van der Waals surface area contributed by atoms with Gasteiger partial charge >= 0.3 is 5.97 Å². The van der Waals surface area contributed by atoms with Crippen LogP contribution in [0.3, 0.4) is 0 Å². The van der Waals surface area contributed by atoms with Gasteiger partial charge in [-0.3, -0.25) is 14.6 Å². The highest BCUT2D eigenvalue weighted by molar-refractivity contribution is 7.08. The molecule has 1 N–H and O–H groups in total. The zero-order valence-electron chi connectivity index (χ0n) is 14.1. The number of amides is 1. The van der Waals surface area contributed by atoms with E-state index in [1.165, 1.54) is 0 Å². The minimum atomic E-state index is -0.691. The van der Waals surface area contributed by atoms with Gasteiger partial charge < -0.3 is 10.0 Å². The number of rotatable bonds is 3. The summed E-state index contributed by atoms with van der Waals surface area (Å²) in [6.45, 7) is 3.14. The highest BCUT2D eigenvalue weighted by Gasteiger charge is 2.59. The second-order valence-corrected chi connectivity index (χ2v) is 7.87. The lowest BCUT2D eigenvalue weighted by atomic mass is 9.90. The Morgan fingerprint density at radius 1 is 1.28 bits per heavy atom. The lowest BCUT2D eigenvalue weighted by Crippen LogP contribution is -2.40.